The van der Waals surface area contributed by atoms with Crippen molar-refractivity contribution >= 4 is 11.7 Å². The number of ether oxygens (including phenoxy) is 2. The second kappa shape index (κ2) is 13.2. The van der Waals surface area contributed by atoms with Crippen LogP contribution in [-0.2, 0) is 16.0 Å². The van der Waals surface area contributed by atoms with Crippen molar-refractivity contribution in [1.82, 2.24) is 14.5 Å². The summed E-state index contributed by atoms with van der Waals surface area (Å²) in [5, 5.41) is 10.6. The summed E-state index contributed by atoms with van der Waals surface area (Å²) in [6, 6.07) is 14.3. The number of imidazole rings is 1. The number of carboxylic acids is 1. The van der Waals surface area contributed by atoms with Crippen LogP contribution in [0.3, 0.4) is 0 Å². The molecule has 0 spiro atoms. The van der Waals surface area contributed by atoms with Gasteiger partial charge in [-0.15, -0.1) is 0 Å². The van der Waals surface area contributed by atoms with Crippen LogP contribution in [0, 0.1) is 25.1 Å². The lowest BCUT2D eigenvalue weighted by Crippen LogP contribution is -2.39. The molecule has 0 saturated carbocycles. The van der Waals surface area contributed by atoms with E-state index in [0.29, 0.717) is 35.9 Å². The van der Waals surface area contributed by atoms with Gasteiger partial charge in [0, 0.05) is 48.2 Å². The van der Waals surface area contributed by atoms with E-state index in [1.165, 1.54) is 12.1 Å². The lowest BCUT2D eigenvalue weighted by Gasteiger charge is -2.41. The van der Waals surface area contributed by atoms with Crippen LogP contribution in [-0.4, -0.2) is 50.9 Å². The van der Waals surface area contributed by atoms with Crippen molar-refractivity contribution in [2.24, 2.45) is 5.41 Å². The van der Waals surface area contributed by atoms with Crippen molar-refractivity contribution in [3.8, 4) is 22.7 Å². The average molecular weight is 629 g/mol. The molecule has 0 aliphatic carbocycles. The molecular weight excluding hydrogens is 583 g/mol. The maximum atomic E-state index is 13.3. The van der Waals surface area contributed by atoms with Crippen molar-refractivity contribution in [2.45, 2.75) is 79.4 Å². The van der Waals surface area contributed by atoms with E-state index in [-0.39, 0.29) is 11.2 Å². The zero-order valence-electron chi connectivity index (χ0n) is 27.9. The highest BCUT2D eigenvalue weighted by Crippen LogP contribution is 2.46. The third-order valence-electron chi connectivity index (χ3n) is 8.54. The maximum Gasteiger partial charge on any atom is 0.337 e. The predicted octanol–water partition coefficient (Wildman–Crippen LogP) is 7.88. The first-order chi connectivity index (χ1) is 21.7. The van der Waals surface area contributed by atoms with Gasteiger partial charge in [0.1, 0.15) is 23.7 Å². The number of aliphatic carboxylic acids is 1. The molecule has 1 saturated heterocycles. The summed E-state index contributed by atoms with van der Waals surface area (Å²) in [6.07, 6.45) is 4.89. The molecule has 9 heteroatoms. The van der Waals surface area contributed by atoms with E-state index >= 15 is 0 Å². The molecule has 2 aromatic heterocycles. The summed E-state index contributed by atoms with van der Waals surface area (Å²) in [5.74, 6) is 0.0700. The number of hydrogen-bond acceptors (Lipinski definition) is 6. The molecule has 1 atom stereocenters. The number of anilines is 1. The molecule has 46 heavy (non-hydrogen) atoms. The number of piperidine rings is 1. The SMILES string of the molecule is Cc1nc(-n2cncc2C)c(-c2ccc(OCCc3ccc(F)cc3)cc2)c(N2CCC(C)(C)CC2)c1C(OC(C)(C)C)C(=O)O. The number of nitrogens with zero attached hydrogens (tertiary/aromatic N) is 4. The minimum Gasteiger partial charge on any atom is -0.493 e. The summed E-state index contributed by atoms with van der Waals surface area (Å²) in [7, 11) is 0. The van der Waals surface area contributed by atoms with Gasteiger partial charge in [0.05, 0.1) is 17.9 Å². The number of carboxylic acid groups (broad SMARTS) is 1. The van der Waals surface area contributed by atoms with Crippen LogP contribution >= 0.6 is 0 Å². The molecular formula is C37H45FN4O4. The fraction of sp³-hybridized carbons (Fsp3) is 0.432. The smallest absolute Gasteiger partial charge is 0.337 e. The number of hydrogen-bond donors (Lipinski definition) is 1. The fourth-order valence-electron chi connectivity index (χ4n) is 5.93. The third kappa shape index (κ3) is 7.58. The molecule has 1 N–H and O–H groups in total. The minimum atomic E-state index is -1.22. The minimum absolute atomic E-state index is 0.184. The molecule has 244 valence electrons. The highest BCUT2D eigenvalue weighted by atomic mass is 19.1. The van der Waals surface area contributed by atoms with E-state index in [4.69, 9.17) is 14.5 Å². The van der Waals surface area contributed by atoms with Crippen LogP contribution in [0.4, 0.5) is 10.1 Å². The molecule has 4 aromatic rings. The van der Waals surface area contributed by atoms with Gasteiger partial charge in [-0.05, 0) is 88.3 Å². The summed E-state index contributed by atoms with van der Waals surface area (Å²) in [4.78, 5) is 24.7. The van der Waals surface area contributed by atoms with Crippen LogP contribution in [0.15, 0.2) is 61.1 Å². The molecule has 0 radical (unpaired) electrons. The Hall–Kier alpha value is -4.24. The predicted molar refractivity (Wildman–Crippen MR) is 178 cm³/mol. The van der Waals surface area contributed by atoms with E-state index in [1.807, 2.05) is 63.5 Å². The Morgan fingerprint density at radius 3 is 2.26 bits per heavy atom. The lowest BCUT2D eigenvalue weighted by molar-refractivity contribution is -0.160. The molecule has 1 unspecified atom stereocenters. The lowest BCUT2D eigenvalue weighted by atomic mass is 9.82. The van der Waals surface area contributed by atoms with Gasteiger partial charge in [-0.3, -0.25) is 4.57 Å². The van der Waals surface area contributed by atoms with Gasteiger partial charge in [0.15, 0.2) is 6.10 Å². The number of rotatable bonds is 10. The van der Waals surface area contributed by atoms with Gasteiger partial charge in [-0.1, -0.05) is 38.1 Å². The van der Waals surface area contributed by atoms with Gasteiger partial charge >= 0.3 is 5.97 Å². The van der Waals surface area contributed by atoms with Gasteiger partial charge in [0.2, 0.25) is 0 Å². The normalized spacial score (nSPS) is 15.5. The van der Waals surface area contributed by atoms with Gasteiger partial charge in [-0.25, -0.2) is 19.2 Å². The molecule has 3 heterocycles. The number of benzene rings is 2. The van der Waals surface area contributed by atoms with Crippen molar-refractivity contribution in [3.63, 3.8) is 0 Å². The van der Waals surface area contributed by atoms with Crippen LogP contribution in [0.5, 0.6) is 5.75 Å². The van der Waals surface area contributed by atoms with E-state index in [2.05, 4.69) is 23.7 Å². The van der Waals surface area contributed by atoms with E-state index in [9.17, 15) is 14.3 Å². The first-order valence-corrected chi connectivity index (χ1v) is 15.9. The highest BCUT2D eigenvalue weighted by Gasteiger charge is 2.37. The Balaban J connectivity index is 1.64. The first-order valence-electron chi connectivity index (χ1n) is 15.9. The molecule has 1 fully saturated rings. The van der Waals surface area contributed by atoms with Crippen LogP contribution in [0.25, 0.3) is 16.9 Å². The van der Waals surface area contributed by atoms with E-state index in [1.54, 1.807) is 24.7 Å². The Kier molecular flexibility index (Phi) is 9.54. The molecule has 0 amide bonds. The fourth-order valence-corrected chi connectivity index (χ4v) is 5.93. The highest BCUT2D eigenvalue weighted by molar-refractivity contribution is 5.90. The molecule has 1 aliphatic heterocycles. The van der Waals surface area contributed by atoms with E-state index in [0.717, 1.165) is 54.0 Å². The topological polar surface area (TPSA) is 89.7 Å². The average Bonchev–Trinajstić information content (AvgIpc) is 3.42. The van der Waals surface area contributed by atoms with Crippen molar-refractivity contribution < 1.29 is 23.8 Å². The summed E-state index contributed by atoms with van der Waals surface area (Å²) in [6.45, 7) is 16.0. The third-order valence-corrected chi connectivity index (χ3v) is 8.54. The quantitative estimate of drug-likeness (QED) is 0.191. The van der Waals surface area contributed by atoms with Gasteiger partial charge in [-0.2, -0.15) is 0 Å². The van der Waals surface area contributed by atoms with Crippen LogP contribution in [0.2, 0.25) is 0 Å². The molecule has 2 aromatic carbocycles. The molecule has 5 rings (SSSR count). The zero-order chi connectivity index (χ0) is 33.2. The Morgan fingerprint density at radius 1 is 1.04 bits per heavy atom. The Morgan fingerprint density at radius 2 is 1.70 bits per heavy atom. The molecule has 8 nitrogen and oxygen atoms in total. The second-order valence-electron chi connectivity index (χ2n) is 13.9. The molecule has 0 bridgehead atoms. The van der Waals surface area contributed by atoms with Crippen molar-refractivity contribution in [1.29, 1.82) is 0 Å². The Bertz CT molecular complexity index is 1660. The van der Waals surface area contributed by atoms with Gasteiger partial charge < -0.3 is 19.5 Å². The number of halogens is 1. The summed E-state index contributed by atoms with van der Waals surface area (Å²) >= 11 is 0. The monoisotopic (exact) mass is 628 g/mol. The van der Waals surface area contributed by atoms with Crippen molar-refractivity contribution in [2.75, 3.05) is 24.6 Å². The second-order valence-corrected chi connectivity index (χ2v) is 13.9. The zero-order valence-corrected chi connectivity index (χ0v) is 27.9. The molecule has 1 aliphatic rings. The first kappa shape index (κ1) is 33.1. The number of carbonyl (C=O) groups is 1. The number of aryl methyl sites for hydroxylation is 2. The largest absolute Gasteiger partial charge is 0.493 e. The van der Waals surface area contributed by atoms with Crippen LogP contribution < -0.4 is 9.64 Å². The van der Waals surface area contributed by atoms with E-state index < -0.39 is 17.7 Å². The maximum absolute atomic E-state index is 13.3. The summed E-state index contributed by atoms with van der Waals surface area (Å²) in [5.41, 5.74) is 5.08. The van der Waals surface area contributed by atoms with Crippen LogP contribution in [0.1, 0.15) is 76.1 Å². The Labute approximate surface area is 271 Å². The number of aromatic nitrogens is 3. The summed E-state index contributed by atoms with van der Waals surface area (Å²) < 4.78 is 27.6. The standard InChI is InChI=1S/C37H45FN4O4/c1-24-22-39-23-42(24)34-31(27-10-14-29(15-11-27)45-21-16-26-8-12-28(38)13-9-26)32(41-19-17-37(6,7)18-20-41)30(25(2)40-34)33(35(43)44)46-36(3,4)5/h8-15,22-23,33H,16-21H2,1-7H3,(H,43,44). The van der Waals surface area contributed by atoms with Gasteiger partial charge in [0.25, 0.3) is 0 Å². The number of pyridine rings is 1. The van der Waals surface area contributed by atoms with Crippen molar-refractivity contribution in [3.05, 3.63) is 89.4 Å².